The van der Waals surface area contributed by atoms with Gasteiger partial charge in [0.1, 0.15) is 0 Å². The van der Waals surface area contributed by atoms with E-state index in [4.69, 9.17) is 4.74 Å². The number of benzene rings is 1. The van der Waals surface area contributed by atoms with E-state index in [0.717, 1.165) is 36.9 Å². The maximum absolute atomic E-state index is 12.7. The van der Waals surface area contributed by atoms with Crippen molar-refractivity contribution in [2.75, 3.05) is 18.5 Å². The third-order valence-corrected chi connectivity index (χ3v) is 6.12. The Kier molecular flexibility index (Phi) is 6.95. The van der Waals surface area contributed by atoms with Crippen molar-refractivity contribution in [2.45, 2.75) is 58.3 Å². The van der Waals surface area contributed by atoms with Crippen LogP contribution in [0.25, 0.3) is 0 Å². The summed E-state index contributed by atoms with van der Waals surface area (Å²) in [5.41, 5.74) is 2.14. The summed E-state index contributed by atoms with van der Waals surface area (Å²) in [6.07, 6.45) is 8.00. The van der Waals surface area contributed by atoms with Gasteiger partial charge >= 0.3 is 5.97 Å². The number of hydrogen-bond acceptors (Lipinski definition) is 4. The van der Waals surface area contributed by atoms with Gasteiger partial charge in [-0.1, -0.05) is 19.9 Å². The second-order valence-electron chi connectivity index (χ2n) is 8.97. The molecule has 6 nitrogen and oxygen atoms in total. The lowest BCUT2D eigenvalue weighted by molar-refractivity contribution is -0.137. The van der Waals surface area contributed by atoms with Gasteiger partial charge in [0, 0.05) is 35.7 Å². The molecule has 1 aliphatic heterocycles. The third kappa shape index (κ3) is 5.49. The number of anilines is 1. The number of fused-ring (bicyclic) bond motifs is 1. The van der Waals surface area contributed by atoms with E-state index in [1.807, 2.05) is 32.1 Å². The number of nitrogens with one attached hydrogen (secondary N) is 2. The Labute approximate surface area is 178 Å². The molecular formula is C24H32N2O4. The zero-order valence-corrected chi connectivity index (χ0v) is 18.1. The quantitative estimate of drug-likeness (QED) is 0.547. The van der Waals surface area contributed by atoms with Crippen molar-refractivity contribution in [3.8, 4) is 0 Å². The fourth-order valence-electron chi connectivity index (χ4n) is 4.37. The Morgan fingerprint density at radius 1 is 1.23 bits per heavy atom. The first-order valence-corrected chi connectivity index (χ1v) is 10.9. The molecule has 0 radical (unpaired) electrons. The average molecular weight is 413 g/mol. The highest BCUT2D eigenvalue weighted by Gasteiger charge is 2.32. The lowest BCUT2D eigenvalue weighted by Crippen LogP contribution is -2.34. The van der Waals surface area contributed by atoms with Crippen LogP contribution in [0.15, 0.2) is 30.4 Å². The molecule has 0 unspecified atom stereocenters. The molecule has 0 saturated heterocycles. The Morgan fingerprint density at radius 2 is 1.97 bits per heavy atom. The van der Waals surface area contributed by atoms with E-state index in [1.165, 1.54) is 6.08 Å². The fourth-order valence-corrected chi connectivity index (χ4v) is 4.37. The van der Waals surface area contributed by atoms with Gasteiger partial charge in [-0.15, -0.1) is 0 Å². The lowest BCUT2D eigenvalue weighted by atomic mass is 9.77. The third-order valence-electron chi connectivity index (χ3n) is 6.12. The lowest BCUT2D eigenvalue weighted by Gasteiger charge is -2.32. The van der Waals surface area contributed by atoms with Crippen LogP contribution in [0.2, 0.25) is 0 Å². The van der Waals surface area contributed by atoms with Crippen molar-refractivity contribution in [3.63, 3.8) is 0 Å². The molecule has 162 valence electrons. The highest BCUT2D eigenvalue weighted by Crippen LogP contribution is 2.37. The molecule has 2 N–H and O–H groups in total. The number of carbonyl (C=O) groups excluding carboxylic acids is 3. The van der Waals surface area contributed by atoms with E-state index in [-0.39, 0.29) is 23.2 Å². The summed E-state index contributed by atoms with van der Waals surface area (Å²) in [6.45, 7) is 6.91. The van der Waals surface area contributed by atoms with E-state index < -0.39 is 0 Å². The second-order valence-corrected chi connectivity index (χ2v) is 8.97. The standard InChI is InChI=1S/C24H32N2O4/c1-4-30-22(28)12-9-16-5-7-17(8-6-16)15-25-23(29)18-10-11-20-19(13-18)24(2,3)14-21(27)26-20/h9-13,16-17H,4-8,14-15H2,1-3H3,(H,25,29)(H,26,27). The molecule has 2 amide bonds. The van der Waals surface area contributed by atoms with Crippen LogP contribution in [0.3, 0.4) is 0 Å². The van der Waals surface area contributed by atoms with Crippen LogP contribution in [-0.4, -0.2) is 30.9 Å². The average Bonchev–Trinajstić information content (AvgIpc) is 2.70. The summed E-state index contributed by atoms with van der Waals surface area (Å²) in [6, 6.07) is 5.50. The normalized spacial score (nSPS) is 22.8. The minimum Gasteiger partial charge on any atom is -0.463 e. The Bertz CT molecular complexity index is 836. The van der Waals surface area contributed by atoms with E-state index >= 15 is 0 Å². The molecule has 6 heteroatoms. The largest absolute Gasteiger partial charge is 0.463 e. The molecule has 0 aromatic heterocycles. The number of rotatable bonds is 6. The number of carbonyl (C=O) groups is 3. The van der Waals surface area contributed by atoms with Crippen LogP contribution in [0.4, 0.5) is 5.69 Å². The van der Waals surface area contributed by atoms with Gasteiger partial charge in [-0.2, -0.15) is 0 Å². The molecule has 0 spiro atoms. The molecule has 0 atom stereocenters. The van der Waals surface area contributed by atoms with E-state index in [0.29, 0.717) is 37.0 Å². The van der Waals surface area contributed by atoms with Gasteiger partial charge in [-0.05, 0) is 68.2 Å². The second kappa shape index (κ2) is 9.45. The molecule has 1 saturated carbocycles. The van der Waals surface area contributed by atoms with Crippen molar-refractivity contribution in [1.82, 2.24) is 5.32 Å². The molecular weight excluding hydrogens is 380 g/mol. The predicted octanol–water partition coefficient (Wildman–Crippen LogP) is 3.96. The van der Waals surface area contributed by atoms with Gasteiger partial charge in [-0.3, -0.25) is 9.59 Å². The Balaban J connectivity index is 1.50. The molecule has 1 aliphatic carbocycles. The first-order valence-electron chi connectivity index (χ1n) is 10.9. The highest BCUT2D eigenvalue weighted by atomic mass is 16.5. The smallest absolute Gasteiger partial charge is 0.330 e. The summed E-state index contributed by atoms with van der Waals surface area (Å²) in [7, 11) is 0. The number of ether oxygens (including phenoxy) is 1. The molecule has 1 aromatic rings. The molecule has 0 bridgehead atoms. The molecule has 30 heavy (non-hydrogen) atoms. The summed E-state index contributed by atoms with van der Waals surface area (Å²) in [4.78, 5) is 36.0. The summed E-state index contributed by atoms with van der Waals surface area (Å²) in [5.74, 6) is 0.515. The van der Waals surface area contributed by atoms with Gasteiger partial charge in [-0.25, -0.2) is 4.79 Å². The van der Waals surface area contributed by atoms with E-state index in [2.05, 4.69) is 10.6 Å². The maximum Gasteiger partial charge on any atom is 0.330 e. The van der Waals surface area contributed by atoms with Crippen molar-refractivity contribution >= 4 is 23.5 Å². The fraction of sp³-hybridized carbons (Fsp3) is 0.542. The van der Waals surface area contributed by atoms with Crippen molar-refractivity contribution in [1.29, 1.82) is 0 Å². The first-order chi connectivity index (χ1) is 14.3. The van der Waals surface area contributed by atoms with Crippen LogP contribution in [0, 0.1) is 11.8 Å². The molecule has 3 rings (SSSR count). The van der Waals surface area contributed by atoms with Gasteiger partial charge < -0.3 is 15.4 Å². The molecule has 2 aliphatic rings. The first kappa shape index (κ1) is 22.1. The Hall–Kier alpha value is -2.63. The number of allylic oxidation sites excluding steroid dienone is 1. The molecule has 1 heterocycles. The van der Waals surface area contributed by atoms with Gasteiger partial charge in [0.05, 0.1) is 6.61 Å². The number of amides is 2. The van der Waals surface area contributed by atoms with Gasteiger partial charge in [0.25, 0.3) is 5.91 Å². The zero-order chi connectivity index (χ0) is 21.7. The van der Waals surface area contributed by atoms with Crippen LogP contribution in [0.1, 0.15) is 68.8 Å². The summed E-state index contributed by atoms with van der Waals surface area (Å²) >= 11 is 0. The Morgan fingerprint density at radius 3 is 2.67 bits per heavy atom. The topological polar surface area (TPSA) is 84.5 Å². The highest BCUT2D eigenvalue weighted by molar-refractivity contribution is 5.98. The summed E-state index contributed by atoms with van der Waals surface area (Å²) in [5, 5.41) is 5.96. The van der Waals surface area contributed by atoms with E-state index in [1.54, 1.807) is 13.0 Å². The van der Waals surface area contributed by atoms with Crippen LogP contribution in [0.5, 0.6) is 0 Å². The predicted molar refractivity (Wildman–Crippen MR) is 116 cm³/mol. The van der Waals surface area contributed by atoms with Crippen LogP contribution in [-0.2, 0) is 19.7 Å². The summed E-state index contributed by atoms with van der Waals surface area (Å²) < 4.78 is 4.92. The van der Waals surface area contributed by atoms with Gasteiger partial charge in [0.15, 0.2) is 0 Å². The van der Waals surface area contributed by atoms with Crippen LogP contribution >= 0.6 is 0 Å². The maximum atomic E-state index is 12.7. The van der Waals surface area contributed by atoms with E-state index in [9.17, 15) is 14.4 Å². The monoisotopic (exact) mass is 412 g/mol. The van der Waals surface area contributed by atoms with Crippen molar-refractivity contribution < 1.29 is 19.1 Å². The minimum atomic E-state index is -0.288. The SMILES string of the molecule is CCOC(=O)C=CC1CCC(CNC(=O)c2ccc3c(c2)C(C)(C)CC(=O)N3)CC1. The van der Waals surface area contributed by atoms with Crippen molar-refractivity contribution in [2.24, 2.45) is 11.8 Å². The van der Waals surface area contributed by atoms with Gasteiger partial charge in [0.2, 0.25) is 5.91 Å². The zero-order valence-electron chi connectivity index (χ0n) is 18.1. The molecule has 1 aromatic carbocycles. The minimum absolute atomic E-state index is 0.0115. The van der Waals surface area contributed by atoms with Crippen molar-refractivity contribution in [3.05, 3.63) is 41.5 Å². The number of hydrogen-bond donors (Lipinski definition) is 2. The van der Waals surface area contributed by atoms with Crippen LogP contribution < -0.4 is 10.6 Å². The number of esters is 1. The molecule has 1 fully saturated rings.